The first kappa shape index (κ1) is 16.0. The maximum Gasteiger partial charge on any atom is 0.242 e. The second kappa shape index (κ2) is 6.62. The first-order valence-electron chi connectivity index (χ1n) is 6.55. The van der Waals surface area contributed by atoms with Gasteiger partial charge in [0, 0.05) is 11.1 Å². The zero-order valence-corrected chi connectivity index (χ0v) is 13.2. The van der Waals surface area contributed by atoms with Gasteiger partial charge < -0.3 is 5.11 Å². The van der Waals surface area contributed by atoms with Crippen molar-refractivity contribution in [3.63, 3.8) is 0 Å². The lowest BCUT2D eigenvalue weighted by molar-refractivity contribution is 0.130. The van der Waals surface area contributed by atoms with Gasteiger partial charge >= 0.3 is 0 Å². The number of nitrogens with one attached hydrogen (secondary N) is 1. The summed E-state index contributed by atoms with van der Waals surface area (Å²) in [5, 5.41) is 10.4. The van der Waals surface area contributed by atoms with E-state index in [0.29, 0.717) is 17.9 Å². The third-order valence-corrected chi connectivity index (χ3v) is 5.68. The minimum atomic E-state index is -3.79. The summed E-state index contributed by atoms with van der Waals surface area (Å²) in [5.41, 5.74) is 0. The molecule has 0 aromatic heterocycles. The molecule has 1 fully saturated rings. The molecule has 2 rings (SSSR count). The number of halogens is 2. The Labute approximate surface area is 129 Å². The van der Waals surface area contributed by atoms with Crippen LogP contribution in [0.4, 0.5) is 0 Å². The van der Waals surface area contributed by atoms with Crippen LogP contribution < -0.4 is 4.72 Å². The predicted octanol–water partition coefficient (Wildman–Crippen LogP) is 2.97. The normalized spacial score (nSPS) is 24.4. The average Bonchev–Trinajstić information content (AvgIpc) is 2.57. The van der Waals surface area contributed by atoms with Crippen molar-refractivity contribution in [2.45, 2.75) is 49.1 Å². The molecule has 112 valence electrons. The summed E-state index contributed by atoms with van der Waals surface area (Å²) >= 11 is 11.7. The summed E-state index contributed by atoms with van der Waals surface area (Å²) in [7, 11) is -3.79. The van der Waals surface area contributed by atoms with Crippen molar-refractivity contribution in [3.8, 4) is 0 Å². The van der Waals surface area contributed by atoms with E-state index in [2.05, 4.69) is 4.72 Å². The quantitative estimate of drug-likeness (QED) is 0.833. The largest absolute Gasteiger partial charge is 0.391 e. The molecule has 0 spiro atoms. The molecule has 20 heavy (non-hydrogen) atoms. The third kappa shape index (κ3) is 3.86. The molecular weight excluding hydrogens is 321 g/mol. The molecule has 1 aliphatic carbocycles. The van der Waals surface area contributed by atoms with Gasteiger partial charge in [-0.15, -0.1) is 0 Å². The standard InChI is InChI=1S/C13H17Cl2NO3S/c14-9-6-7-10(15)13(8-9)20(18,19)16-11-4-2-1-3-5-12(11)17/h6-8,11-12,16-17H,1-5H2. The highest BCUT2D eigenvalue weighted by molar-refractivity contribution is 7.89. The number of hydrogen-bond donors (Lipinski definition) is 2. The number of hydrogen-bond acceptors (Lipinski definition) is 3. The van der Waals surface area contributed by atoms with Crippen molar-refractivity contribution < 1.29 is 13.5 Å². The van der Waals surface area contributed by atoms with Crippen LogP contribution in [0.5, 0.6) is 0 Å². The van der Waals surface area contributed by atoms with Crippen LogP contribution in [0.3, 0.4) is 0 Å². The highest BCUT2D eigenvalue weighted by atomic mass is 35.5. The maximum absolute atomic E-state index is 12.4. The van der Waals surface area contributed by atoms with E-state index in [4.69, 9.17) is 23.2 Å². The number of sulfonamides is 1. The molecule has 1 saturated carbocycles. The van der Waals surface area contributed by atoms with Crippen molar-refractivity contribution in [2.24, 2.45) is 0 Å². The molecule has 0 bridgehead atoms. The van der Waals surface area contributed by atoms with Crippen LogP contribution in [0.1, 0.15) is 32.1 Å². The summed E-state index contributed by atoms with van der Waals surface area (Å²) in [6.07, 6.45) is 3.39. The summed E-state index contributed by atoms with van der Waals surface area (Å²) in [4.78, 5) is -0.0527. The van der Waals surface area contributed by atoms with Crippen LogP contribution in [-0.4, -0.2) is 25.7 Å². The lowest BCUT2D eigenvalue weighted by atomic mass is 10.1. The lowest BCUT2D eigenvalue weighted by Crippen LogP contribution is -2.42. The van der Waals surface area contributed by atoms with E-state index < -0.39 is 22.2 Å². The Morgan fingerprint density at radius 2 is 1.85 bits per heavy atom. The molecule has 0 heterocycles. The van der Waals surface area contributed by atoms with Gasteiger partial charge in [-0.25, -0.2) is 13.1 Å². The van der Waals surface area contributed by atoms with E-state index >= 15 is 0 Å². The second-order valence-electron chi connectivity index (χ2n) is 5.01. The van der Waals surface area contributed by atoms with Gasteiger partial charge in [0.2, 0.25) is 10.0 Å². The molecule has 0 aliphatic heterocycles. The minimum absolute atomic E-state index is 0.0527. The van der Waals surface area contributed by atoms with Crippen molar-refractivity contribution in [3.05, 3.63) is 28.2 Å². The fourth-order valence-electron chi connectivity index (χ4n) is 2.37. The van der Waals surface area contributed by atoms with Crippen molar-refractivity contribution in [1.82, 2.24) is 4.72 Å². The van der Waals surface area contributed by atoms with E-state index in [9.17, 15) is 13.5 Å². The molecule has 0 amide bonds. The summed E-state index contributed by atoms with van der Waals surface area (Å²) < 4.78 is 27.3. The van der Waals surface area contributed by atoms with E-state index in [-0.39, 0.29) is 9.92 Å². The molecule has 4 nitrogen and oxygen atoms in total. The Morgan fingerprint density at radius 1 is 1.15 bits per heavy atom. The summed E-state index contributed by atoms with van der Waals surface area (Å²) in [6.45, 7) is 0. The van der Waals surface area contributed by atoms with Crippen LogP contribution in [0.2, 0.25) is 10.0 Å². The predicted molar refractivity (Wildman–Crippen MR) is 79.7 cm³/mol. The molecule has 7 heteroatoms. The second-order valence-corrected chi connectivity index (χ2v) is 7.53. The maximum atomic E-state index is 12.4. The van der Waals surface area contributed by atoms with Gasteiger partial charge in [0.15, 0.2) is 0 Å². The number of benzene rings is 1. The molecule has 2 unspecified atom stereocenters. The number of aliphatic hydroxyl groups is 1. The van der Waals surface area contributed by atoms with E-state index in [1.165, 1.54) is 18.2 Å². The number of rotatable bonds is 3. The Hall–Kier alpha value is -0.330. The van der Waals surface area contributed by atoms with Gasteiger partial charge in [-0.05, 0) is 31.0 Å². The van der Waals surface area contributed by atoms with Crippen molar-refractivity contribution in [1.29, 1.82) is 0 Å². The Balaban J connectivity index is 2.24. The summed E-state index contributed by atoms with van der Waals surface area (Å²) in [5.74, 6) is 0. The van der Waals surface area contributed by atoms with Crippen LogP contribution in [-0.2, 0) is 10.0 Å². The first-order chi connectivity index (χ1) is 9.40. The SMILES string of the molecule is O=S(=O)(NC1CCCCCC1O)c1cc(Cl)ccc1Cl. The van der Waals surface area contributed by atoms with Crippen molar-refractivity contribution >= 4 is 33.2 Å². The Bertz CT molecular complexity index is 577. The molecule has 0 radical (unpaired) electrons. The minimum Gasteiger partial charge on any atom is -0.391 e. The van der Waals surface area contributed by atoms with Crippen LogP contribution in [0.15, 0.2) is 23.1 Å². The zero-order chi connectivity index (χ0) is 14.8. The van der Waals surface area contributed by atoms with Gasteiger partial charge in [0.05, 0.1) is 11.1 Å². The zero-order valence-electron chi connectivity index (χ0n) is 10.9. The van der Waals surface area contributed by atoms with Gasteiger partial charge in [-0.1, -0.05) is 42.5 Å². The average molecular weight is 338 g/mol. The molecule has 1 aliphatic rings. The van der Waals surface area contributed by atoms with Crippen LogP contribution in [0.25, 0.3) is 0 Å². The first-order valence-corrected chi connectivity index (χ1v) is 8.79. The van der Waals surface area contributed by atoms with Crippen LogP contribution >= 0.6 is 23.2 Å². The molecular formula is C13H17Cl2NO3S. The van der Waals surface area contributed by atoms with E-state index in [0.717, 1.165) is 19.3 Å². The van der Waals surface area contributed by atoms with Crippen LogP contribution in [0, 0.1) is 0 Å². The Kier molecular flexibility index (Phi) is 5.31. The highest BCUT2D eigenvalue weighted by Gasteiger charge is 2.28. The van der Waals surface area contributed by atoms with Crippen molar-refractivity contribution in [2.75, 3.05) is 0 Å². The fraction of sp³-hybridized carbons (Fsp3) is 0.538. The van der Waals surface area contributed by atoms with Gasteiger partial charge in [-0.3, -0.25) is 0 Å². The van der Waals surface area contributed by atoms with Gasteiger partial charge in [0.1, 0.15) is 4.90 Å². The molecule has 2 N–H and O–H groups in total. The fourth-order valence-corrected chi connectivity index (χ4v) is 4.44. The molecule has 0 saturated heterocycles. The molecule has 1 aromatic rings. The number of aliphatic hydroxyl groups excluding tert-OH is 1. The van der Waals surface area contributed by atoms with Gasteiger partial charge in [0.25, 0.3) is 0 Å². The Morgan fingerprint density at radius 3 is 2.60 bits per heavy atom. The van der Waals surface area contributed by atoms with E-state index in [1.807, 2.05) is 0 Å². The topological polar surface area (TPSA) is 66.4 Å². The molecule has 1 aromatic carbocycles. The summed E-state index contributed by atoms with van der Waals surface area (Å²) in [6, 6.07) is 3.82. The highest BCUT2D eigenvalue weighted by Crippen LogP contribution is 2.26. The van der Waals surface area contributed by atoms with E-state index in [1.54, 1.807) is 0 Å². The third-order valence-electron chi connectivity index (χ3n) is 3.47. The van der Waals surface area contributed by atoms with Gasteiger partial charge in [-0.2, -0.15) is 0 Å². The smallest absolute Gasteiger partial charge is 0.242 e. The lowest BCUT2D eigenvalue weighted by Gasteiger charge is -2.22. The monoisotopic (exact) mass is 337 g/mol. The molecule has 2 atom stereocenters.